The average molecular weight is 251 g/mol. The van der Waals surface area contributed by atoms with E-state index in [4.69, 9.17) is 16.7 Å². The molecule has 1 N–H and O–H groups in total. The highest BCUT2D eigenvalue weighted by atomic mass is 35.5. The SMILES string of the molecule is Cc1c(Cl)cccc1-n1cc(CC(=O)O)cn1. The summed E-state index contributed by atoms with van der Waals surface area (Å²) in [4.78, 5) is 10.6. The maximum Gasteiger partial charge on any atom is 0.307 e. The predicted octanol–water partition coefficient (Wildman–Crippen LogP) is 2.46. The fourth-order valence-electron chi connectivity index (χ4n) is 1.60. The Morgan fingerprint density at radius 1 is 1.53 bits per heavy atom. The molecule has 0 saturated heterocycles. The molecule has 4 nitrogen and oxygen atoms in total. The molecule has 0 aliphatic heterocycles. The molecule has 0 aliphatic carbocycles. The van der Waals surface area contributed by atoms with Gasteiger partial charge in [-0.2, -0.15) is 5.10 Å². The Hall–Kier alpha value is -1.81. The summed E-state index contributed by atoms with van der Waals surface area (Å²) in [5.41, 5.74) is 2.44. The third kappa shape index (κ3) is 2.47. The highest BCUT2D eigenvalue weighted by molar-refractivity contribution is 6.31. The fourth-order valence-corrected chi connectivity index (χ4v) is 1.77. The molecule has 1 aromatic carbocycles. The summed E-state index contributed by atoms with van der Waals surface area (Å²) in [5, 5.41) is 13.5. The van der Waals surface area contributed by atoms with Crippen molar-refractivity contribution in [3.8, 4) is 5.69 Å². The monoisotopic (exact) mass is 250 g/mol. The van der Waals surface area contributed by atoms with Crippen molar-refractivity contribution in [2.24, 2.45) is 0 Å². The van der Waals surface area contributed by atoms with Crippen LogP contribution in [0.3, 0.4) is 0 Å². The first-order valence-electron chi connectivity index (χ1n) is 5.09. The molecular formula is C12H11ClN2O2. The van der Waals surface area contributed by atoms with Crippen LogP contribution in [0.15, 0.2) is 30.6 Å². The van der Waals surface area contributed by atoms with Gasteiger partial charge in [0.1, 0.15) is 0 Å². The van der Waals surface area contributed by atoms with Gasteiger partial charge in [-0.15, -0.1) is 0 Å². The van der Waals surface area contributed by atoms with Crippen molar-refractivity contribution < 1.29 is 9.90 Å². The summed E-state index contributed by atoms with van der Waals surface area (Å²) in [7, 11) is 0. The second-order valence-corrected chi connectivity index (χ2v) is 4.15. The Balaban J connectivity index is 2.37. The average Bonchev–Trinajstić information content (AvgIpc) is 2.69. The largest absolute Gasteiger partial charge is 0.481 e. The number of hydrogen-bond donors (Lipinski definition) is 1. The number of aliphatic carboxylic acids is 1. The van der Waals surface area contributed by atoms with Gasteiger partial charge in [0.2, 0.25) is 0 Å². The van der Waals surface area contributed by atoms with E-state index >= 15 is 0 Å². The lowest BCUT2D eigenvalue weighted by atomic mass is 10.2. The van der Waals surface area contributed by atoms with Gasteiger partial charge in [-0.1, -0.05) is 17.7 Å². The van der Waals surface area contributed by atoms with E-state index in [-0.39, 0.29) is 6.42 Å². The molecule has 0 saturated carbocycles. The van der Waals surface area contributed by atoms with Crippen LogP contribution >= 0.6 is 11.6 Å². The van der Waals surface area contributed by atoms with E-state index in [9.17, 15) is 4.79 Å². The molecule has 2 aromatic rings. The number of rotatable bonds is 3. The third-order valence-electron chi connectivity index (χ3n) is 2.48. The highest BCUT2D eigenvalue weighted by Crippen LogP contribution is 2.21. The van der Waals surface area contributed by atoms with Crippen LogP contribution < -0.4 is 0 Å². The summed E-state index contributed by atoms with van der Waals surface area (Å²) >= 11 is 6.02. The van der Waals surface area contributed by atoms with E-state index < -0.39 is 5.97 Å². The molecule has 17 heavy (non-hydrogen) atoms. The Morgan fingerprint density at radius 3 is 3.00 bits per heavy atom. The van der Waals surface area contributed by atoms with Gasteiger partial charge in [0.25, 0.3) is 0 Å². The molecule has 0 unspecified atom stereocenters. The first-order valence-corrected chi connectivity index (χ1v) is 5.46. The summed E-state index contributed by atoms with van der Waals surface area (Å²) in [5.74, 6) is -0.868. The minimum atomic E-state index is -0.868. The molecule has 1 heterocycles. The van der Waals surface area contributed by atoms with Gasteiger partial charge in [0.15, 0.2) is 0 Å². The molecular weight excluding hydrogens is 240 g/mol. The smallest absolute Gasteiger partial charge is 0.307 e. The van der Waals surface area contributed by atoms with Crippen molar-refractivity contribution in [3.05, 3.63) is 46.7 Å². The molecule has 0 amide bonds. The van der Waals surface area contributed by atoms with E-state index in [1.807, 2.05) is 25.1 Å². The van der Waals surface area contributed by atoms with Crippen molar-refractivity contribution in [1.29, 1.82) is 0 Å². The molecule has 0 fully saturated rings. The zero-order valence-corrected chi connectivity index (χ0v) is 9.98. The second-order valence-electron chi connectivity index (χ2n) is 3.75. The lowest BCUT2D eigenvalue weighted by molar-refractivity contribution is -0.136. The van der Waals surface area contributed by atoms with Crippen molar-refractivity contribution in [2.75, 3.05) is 0 Å². The van der Waals surface area contributed by atoms with Crippen LogP contribution in [0.4, 0.5) is 0 Å². The maximum absolute atomic E-state index is 10.6. The van der Waals surface area contributed by atoms with Crippen molar-refractivity contribution in [1.82, 2.24) is 9.78 Å². The minimum Gasteiger partial charge on any atom is -0.481 e. The van der Waals surface area contributed by atoms with E-state index in [1.54, 1.807) is 17.1 Å². The highest BCUT2D eigenvalue weighted by Gasteiger charge is 2.08. The van der Waals surface area contributed by atoms with Gasteiger partial charge in [-0.25, -0.2) is 4.68 Å². The first-order chi connectivity index (χ1) is 8.08. The number of carboxylic acids is 1. The zero-order chi connectivity index (χ0) is 12.4. The van der Waals surface area contributed by atoms with Gasteiger partial charge < -0.3 is 5.11 Å². The lowest BCUT2D eigenvalue weighted by Gasteiger charge is -2.06. The van der Waals surface area contributed by atoms with Crippen molar-refractivity contribution in [2.45, 2.75) is 13.3 Å². The fraction of sp³-hybridized carbons (Fsp3) is 0.167. The number of benzene rings is 1. The van der Waals surface area contributed by atoms with Crippen LogP contribution in [0.1, 0.15) is 11.1 Å². The standard InChI is InChI=1S/C12H11ClN2O2/c1-8-10(13)3-2-4-11(8)15-7-9(6-14-15)5-12(16)17/h2-4,6-7H,5H2,1H3,(H,16,17). The molecule has 0 spiro atoms. The first kappa shape index (κ1) is 11.7. The Bertz CT molecular complexity index is 563. The Kier molecular flexibility index (Phi) is 3.15. The minimum absolute atomic E-state index is 0.0282. The summed E-state index contributed by atoms with van der Waals surface area (Å²) in [6.07, 6.45) is 3.22. The number of halogens is 1. The Morgan fingerprint density at radius 2 is 2.29 bits per heavy atom. The summed E-state index contributed by atoms with van der Waals surface area (Å²) < 4.78 is 1.64. The molecule has 0 radical (unpaired) electrons. The number of nitrogens with zero attached hydrogens (tertiary/aromatic N) is 2. The molecule has 88 valence electrons. The second kappa shape index (κ2) is 4.59. The van der Waals surface area contributed by atoms with E-state index in [0.717, 1.165) is 11.3 Å². The maximum atomic E-state index is 10.6. The molecule has 2 rings (SSSR count). The predicted molar refractivity (Wildman–Crippen MR) is 64.7 cm³/mol. The lowest BCUT2D eigenvalue weighted by Crippen LogP contribution is -1.99. The number of aromatic nitrogens is 2. The third-order valence-corrected chi connectivity index (χ3v) is 2.89. The van der Waals surface area contributed by atoms with E-state index in [0.29, 0.717) is 10.6 Å². The van der Waals surface area contributed by atoms with Crippen LogP contribution in [-0.2, 0) is 11.2 Å². The zero-order valence-electron chi connectivity index (χ0n) is 9.22. The van der Waals surface area contributed by atoms with Crippen LogP contribution in [0.2, 0.25) is 5.02 Å². The van der Waals surface area contributed by atoms with Crippen LogP contribution in [0, 0.1) is 6.92 Å². The van der Waals surface area contributed by atoms with Gasteiger partial charge in [-0.3, -0.25) is 4.79 Å². The summed E-state index contributed by atoms with van der Waals surface area (Å²) in [6, 6.07) is 5.53. The van der Waals surface area contributed by atoms with E-state index in [1.165, 1.54) is 0 Å². The molecule has 0 aliphatic rings. The molecule has 0 bridgehead atoms. The van der Waals surface area contributed by atoms with Crippen molar-refractivity contribution >= 4 is 17.6 Å². The molecule has 5 heteroatoms. The van der Waals surface area contributed by atoms with E-state index in [2.05, 4.69) is 5.10 Å². The van der Waals surface area contributed by atoms with Gasteiger partial charge >= 0.3 is 5.97 Å². The molecule has 0 atom stereocenters. The van der Waals surface area contributed by atoms with Crippen molar-refractivity contribution in [3.63, 3.8) is 0 Å². The van der Waals surface area contributed by atoms with Gasteiger partial charge in [-0.05, 0) is 24.6 Å². The van der Waals surface area contributed by atoms with Gasteiger partial charge in [0.05, 0.1) is 18.3 Å². The quantitative estimate of drug-likeness (QED) is 0.910. The van der Waals surface area contributed by atoms with Gasteiger partial charge in [0, 0.05) is 16.8 Å². The van der Waals surface area contributed by atoms with Crippen LogP contribution in [-0.4, -0.2) is 20.9 Å². The molecule has 1 aromatic heterocycles. The number of carboxylic acid groups (broad SMARTS) is 1. The van der Waals surface area contributed by atoms with Crippen LogP contribution in [0.25, 0.3) is 5.69 Å². The topological polar surface area (TPSA) is 55.1 Å². The Labute approximate surface area is 103 Å². The summed E-state index contributed by atoms with van der Waals surface area (Å²) in [6.45, 7) is 1.90. The number of carbonyl (C=O) groups is 1. The van der Waals surface area contributed by atoms with Crippen LogP contribution in [0.5, 0.6) is 0 Å². The normalized spacial score (nSPS) is 10.5. The number of hydrogen-bond acceptors (Lipinski definition) is 2.